The van der Waals surface area contributed by atoms with E-state index in [0.29, 0.717) is 6.54 Å². The highest BCUT2D eigenvalue weighted by molar-refractivity contribution is 5.77. The molecule has 0 amide bonds. The maximum absolute atomic E-state index is 10.5. The third-order valence-corrected chi connectivity index (χ3v) is 4.39. The number of nitrogens with one attached hydrogen (secondary N) is 1. The van der Waals surface area contributed by atoms with Crippen LogP contribution in [0, 0.1) is 0 Å². The molecule has 0 aliphatic heterocycles. The van der Waals surface area contributed by atoms with Crippen molar-refractivity contribution >= 4 is 11.0 Å². The molecule has 1 aromatic carbocycles. The van der Waals surface area contributed by atoms with Gasteiger partial charge in [0.05, 0.1) is 11.6 Å². The van der Waals surface area contributed by atoms with Crippen LogP contribution in [0.1, 0.15) is 50.8 Å². The van der Waals surface area contributed by atoms with E-state index in [1.165, 1.54) is 6.42 Å². The lowest BCUT2D eigenvalue weighted by Gasteiger charge is -2.33. The Bertz CT molecular complexity index is 536. The monoisotopic (exact) mass is 273 g/mol. The highest BCUT2D eigenvalue weighted by Gasteiger charge is 2.29. The van der Waals surface area contributed by atoms with Crippen LogP contribution >= 0.6 is 0 Å². The van der Waals surface area contributed by atoms with E-state index in [4.69, 9.17) is 4.42 Å². The summed E-state index contributed by atoms with van der Waals surface area (Å²) in [5.41, 5.74) is 0.394. The van der Waals surface area contributed by atoms with Crippen LogP contribution in [0.2, 0.25) is 0 Å². The average molecular weight is 273 g/mol. The van der Waals surface area contributed by atoms with Gasteiger partial charge in [-0.25, -0.2) is 0 Å². The minimum atomic E-state index is -0.529. The second-order valence-electron chi connectivity index (χ2n) is 6.07. The molecule has 1 fully saturated rings. The lowest BCUT2D eigenvalue weighted by Crippen LogP contribution is -2.42. The predicted molar refractivity (Wildman–Crippen MR) is 80.7 cm³/mol. The molecule has 1 aliphatic carbocycles. The SMILES string of the molecule is CC(NCC1(O)CCCCC1)c1cc2ccccc2o1. The van der Waals surface area contributed by atoms with Crippen LogP contribution in [-0.4, -0.2) is 17.3 Å². The summed E-state index contributed by atoms with van der Waals surface area (Å²) in [6, 6.07) is 10.2. The Hall–Kier alpha value is -1.32. The molecule has 3 rings (SSSR count). The van der Waals surface area contributed by atoms with Gasteiger partial charge < -0.3 is 14.8 Å². The van der Waals surface area contributed by atoms with E-state index >= 15 is 0 Å². The largest absolute Gasteiger partial charge is 0.459 e. The Morgan fingerprint density at radius 3 is 2.75 bits per heavy atom. The molecular formula is C17H23NO2. The molecule has 2 N–H and O–H groups in total. The molecule has 108 valence electrons. The molecule has 20 heavy (non-hydrogen) atoms. The summed E-state index contributed by atoms with van der Waals surface area (Å²) in [6.45, 7) is 2.73. The van der Waals surface area contributed by atoms with E-state index in [-0.39, 0.29) is 6.04 Å². The van der Waals surface area contributed by atoms with Gasteiger partial charge in [0.25, 0.3) is 0 Å². The minimum absolute atomic E-state index is 0.119. The van der Waals surface area contributed by atoms with Crippen molar-refractivity contribution in [1.29, 1.82) is 0 Å². The fraction of sp³-hybridized carbons (Fsp3) is 0.529. The van der Waals surface area contributed by atoms with Crippen molar-refractivity contribution in [3.8, 4) is 0 Å². The molecule has 1 heterocycles. The number of furan rings is 1. The molecule has 1 saturated carbocycles. The first kappa shape index (κ1) is 13.7. The summed E-state index contributed by atoms with van der Waals surface area (Å²) in [4.78, 5) is 0. The Labute approximate surface area is 120 Å². The number of para-hydroxylation sites is 1. The van der Waals surface area contributed by atoms with Crippen LogP contribution < -0.4 is 5.32 Å². The van der Waals surface area contributed by atoms with Crippen molar-refractivity contribution in [3.05, 3.63) is 36.1 Å². The van der Waals surface area contributed by atoms with Gasteiger partial charge in [-0.05, 0) is 31.9 Å². The van der Waals surface area contributed by atoms with E-state index in [0.717, 1.165) is 42.4 Å². The summed E-state index contributed by atoms with van der Waals surface area (Å²) in [6.07, 6.45) is 5.34. The lowest BCUT2D eigenvalue weighted by atomic mass is 9.85. The Balaban J connectivity index is 1.65. The first-order valence-electron chi connectivity index (χ1n) is 7.61. The van der Waals surface area contributed by atoms with Crippen LogP contribution in [-0.2, 0) is 0 Å². The van der Waals surface area contributed by atoms with E-state index in [1.807, 2.05) is 18.2 Å². The second-order valence-corrected chi connectivity index (χ2v) is 6.07. The highest BCUT2D eigenvalue weighted by atomic mass is 16.3. The number of hydrogen-bond acceptors (Lipinski definition) is 3. The third-order valence-electron chi connectivity index (χ3n) is 4.39. The molecule has 1 unspecified atom stereocenters. The third kappa shape index (κ3) is 2.89. The van der Waals surface area contributed by atoms with Gasteiger partial charge in [-0.1, -0.05) is 37.5 Å². The molecule has 3 nitrogen and oxygen atoms in total. The Kier molecular flexibility index (Phi) is 3.81. The fourth-order valence-corrected chi connectivity index (χ4v) is 3.05. The molecule has 1 aromatic heterocycles. The van der Waals surface area contributed by atoms with E-state index in [2.05, 4.69) is 24.4 Å². The van der Waals surface area contributed by atoms with Crippen molar-refractivity contribution in [2.24, 2.45) is 0 Å². The summed E-state index contributed by atoms with van der Waals surface area (Å²) >= 11 is 0. The zero-order chi connectivity index (χ0) is 14.0. The van der Waals surface area contributed by atoms with Crippen molar-refractivity contribution in [3.63, 3.8) is 0 Å². The number of fused-ring (bicyclic) bond motifs is 1. The van der Waals surface area contributed by atoms with Crippen molar-refractivity contribution in [2.75, 3.05) is 6.54 Å². The van der Waals surface area contributed by atoms with Crippen molar-refractivity contribution < 1.29 is 9.52 Å². The first-order chi connectivity index (χ1) is 9.66. The maximum atomic E-state index is 10.5. The van der Waals surface area contributed by atoms with Gasteiger partial charge in [-0.15, -0.1) is 0 Å². The molecule has 1 atom stereocenters. The maximum Gasteiger partial charge on any atom is 0.134 e. The average Bonchev–Trinajstić information content (AvgIpc) is 2.89. The normalized spacial score (nSPS) is 20.1. The number of benzene rings is 1. The molecule has 0 bridgehead atoms. The lowest BCUT2D eigenvalue weighted by molar-refractivity contribution is 0.00259. The van der Waals surface area contributed by atoms with E-state index in [9.17, 15) is 5.11 Å². The van der Waals surface area contributed by atoms with Crippen LogP contribution in [0.3, 0.4) is 0 Å². The van der Waals surface area contributed by atoms with Crippen LogP contribution in [0.4, 0.5) is 0 Å². The predicted octanol–water partition coefficient (Wildman–Crippen LogP) is 3.78. The van der Waals surface area contributed by atoms with E-state index < -0.39 is 5.60 Å². The molecule has 3 heteroatoms. The van der Waals surface area contributed by atoms with Gasteiger partial charge in [-0.3, -0.25) is 0 Å². The summed E-state index contributed by atoms with van der Waals surface area (Å²) in [7, 11) is 0. The Morgan fingerprint density at radius 2 is 2.00 bits per heavy atom. The smallest absolute Gasteiger partial charge is 0.134 e. The molecule has 0 spiro atoms. The molecular weight excluding hydrogens is 250 g/mol. The van der Waals surface area contributed by atoms with Gasteiger partial charge in [0.2, 0.25) is 0 Å². The fourth-order valence-electron chi connectivity index (χ4n) is 3.05. The second kappa shape index (κ2) is 5.58. The van der Waals surface area contributed by atoms with Gasteiger partial charge in [0.1, 0.15) is 11.3 Å². The zero-order valence-corrected chi connectivity index (χ0v) is 12.1. The molecule has 1 aliphatic rings. The summed E-state index contributed by atoms with van der Waals surface area (Å²) < 4.78 is 5.86. The van der Waals surface area contributed by atoms with Crippen molar-refractivity contribution in [2.45, 2.75) is 50.7 Å². The Morgan fingerprint density at radius 1 is 1.25 bits per heavy atom. The highest BCUT2D eigenvalue weighted by Crippen LogP contribution is 2.29. The van der Waals surface area contributed by atoms with Gasteiger partial charge in [0, 0.05) is 11.9 Å². The number of rotatable bonds is 4. The number of hydrogen-bond donors (Lipinski definition) is 2. The minimum Gasteiger partial charge on any atom is -0.459 e. The van der Waals surface area contributed by atoms with Gasteiger partial charge in [-0.2, -0.15) is 0 Å². The first-order valence-corrected chi connectivity index (χ1v) is 7.61. The molecule has 2 aromatic rings. The van der Waals surface area contributed by atoms with Gasteiger partial charge >= 0.3 is 0 Å². The zero-order valence-electron chi connectivity index (χ0n) is 12.1. The standard InChI is InChI=1S/C17H23NO2/c1-13(18-12-17(19)9-5-2-6-10-17)16-11-14-7-3-4-8-15(14)20-16/h3-4,7-8,11,13,18-19H,2,5-6,9-10,12H2,1H3. The van der Waals surface area contributed by atoms with Crippen LogP contribution in [0.15, 0.2) is 34.7 Å². The van der Waals surface area contributed by atoms with Crippen LogP contribution in [0.25, 0.3) is 11.0 Å². The summed E-state index contributed by atoms with van der Waals surface area (Å²) in [5, 5.41) is 15.1. The molecule has 0 radical (unpaired) electrons. The van der Waals surface area contributed by atoms with E-state index in [1.54, 1.807) is 0 Å². The molecule has 0 saturated heterocycles. The number of aliphatic hydroxyl groups is 1. The summed E-state index contributed by atoms with van der Waals surface area (Å²) in [5.74, 6) is 0.936. The van der Waals surface area contributed by atoms with Crippen molar-refractivity contribution in [1.82, 2.24) is 5.32 Å². The van der Waals surface area contributed by atoms with Crippen LogP contribution in [0.5, 0.6) is 0 Å². The quantitative estimate of drug-likeness (QED) is 0.891. The topological polar surface area (TPSA) is 45.4 Å². The van der Waals surface area contributed by atoms with Gasteiger partial charge in [0.15, 0.2) is 0 Å².